The molecule has 4 heterocycles. The highest BCUT2D eigenvalue weighted by atomic mass is 35.5. The highest BCUT2D eigenvalue weighted by Crippen LogP contribution is 2.39. The summed E-state index contributed by atoms with van der Waals surface area (Å²) in [5.41, 5.74) is 5.53. The van der Waals surface area contributed by atoms with Gasteiger partial charge in [-0.1, -0.05) is 5.16 Å². The maximum absolute atomic E-state index is 9.03. The maximum atomic E-state index is 9.03. The summed E-state index contributed by atoms with van der Waals surface area (Å²) in [7, 11) is 0. The van der Waals surface area contributed by atoms with Crippen molar-refractivity contribution in [2.75, 3.05) is 23.4 Å². The van der Waals surface area contributed by atoms with Gasteiger partial charge in [0.15, 0.2) is 11.6 Å². The van der Waals surface area contributed by atoms with Gasteiger partial charge in [-0.3, -0.25) is 0 Å². The number of anilines is 2. The fourth-order valence-corrected chi connectivity index (χ4v) is 4.85. The molecule has 2 aliphatic heterocycles. The molecule has 162 valence electrons. The monoisotopic (exact) mass is 432 g/mol. The van der Waals surface area contributed by atoms with Crippen LogP contribution in [-0.4, -0.2) is 60.0 Å². The van der Waals surface area contributed by atoms with Crippen molar-refractivity contribution in [1.82, 2.24) is 24.9 Å². The molecule has 2 aliphatic rings. The molecule has 2 aromatic rings. The zero-order chi connectivity index (χ0) is 21.5. The number of aromatic nitrogens is 4. The van der Waals surface area contributed by atoms with E-state index in [-0.39, 0.29) is 16.4 Å². The zero-order valence-electron chi connectivity index (χ0n) is 18.0. The lowest BCUT2D eigenvalue weighted by Gasteiger charge is -2.52. The van der Waals surface area contributed by atoms with Gasteiger partial charge in [-0.25, -0.2) is 20.0 Å². The Morgan fingerprint density at radius 2 is 1.70 bits per heavy atom. The Bertz CT molecular complexity index is 951. The molecule has 0 saturated carbocycles. The van der Waals surface area contributed by atoms with Gasteiger partial charge in [0, 0.05) is 37.0 Å². The largest absolute Gasteiger partial charge is 0.411 e. The number of piperidine rings is 2. The van der Waals surface area contributed by atoms with Gasteiger partial charge in [0.2, 0.25) is 5.28 Å². The normalized spacial score (nSPS) is 21.6. The molecule has 0 atom stereocenters. The van der Waals surface area contributed by atoms with Gasteiger partial charge >= 0.3 is 0 Å². The third kappa shape index (κ3) is 3.88. The van der Waals surface area contributed by atoms with E-state index in [4.69, 9.17) is 16.8 Å². The van der Waals surface area contributed by atoms with E-state index in [1.165, 1.54) is 6.42 Å². The zero-order valence-corrected chi connectivity index (χ0v) is 18.7. The second kappa shape index (κ2) is 7.77. The minimum absolute atomic E-state index is 0.0361. The van der Waals surface area contributed by atoms with E-state index in [1.54, 1.807) is 6.33 Å². The highest BCUT2D eigenvalue weighted by Gasteiger charge is 2.42. The molecule has 10 heteroatoms. The number of hydrogen-bond donors (Lipinski definition) is 2. The van der Waals surface area contributed by atoms with Gasteiger partial charge in [0.05, 0.1) is 5.71 Å². The molecule has 2 saturated heterocycles. The van der Waals surface area contributed by atoms with Crippen LogP contribution in [0.15, 0.2) is 11.5 Å². The topological polar surface area (TPSA) is 103 Å². The number of fused-ring (bicyclic) bond motifs is 1. The Hall–Kier alpha value is -2.26. The van der Waals surface area contributed by atoms with Crippen LogP contribution in [0.1, 0.15) is 59.8 Å². The molecular weight excluding hydrogens is 404 g/mol. The van der Waals surface area contributed by atoms with Crippen molar-refractivity contribution in [3.63, 3.8) is 0 Å². The minimum atomic E-state index is -0.0361. The number of nitrogens with one attached hydrogen (secondary N) is 1. The maximum Gasteiger partial charge on any atom is 0.225 e. The van der Waals surface area contributed by atoms with Crippen molar-refractivity contribution in [3.05, 3.63) is 11.6 Å². The molecule has 2 N–H and O–H groups in total. The van der Waals surface area contributed by atoms with Crippen LogP contribution in [0.4, 0.5) is 11.6 Å². The Morgan fingerprint density at radius 1 is 1.03 bits per heavy atom. The van der Waals surface area contributed by atoms with Gasteiger partial charge in [0.1, 0.15) is 17.4 Å². The lowest BCUT2D eigenvalue weighted by molar-refractivity contribution is -0.00342. The first-order valence-electron chi connectivity index (χ1n) is 10.4. The summed E-state index contributed by atoms with van der Waals surface area (Å²) in [6.07, 6.45) is 6.26. The first-order chi connectivity index (χ1) is 14.2. The van der Waals surface area contributed by atoms with Crippen LogP contribution in [0.25, 0.3) is 11.0 Å². The van der Waals surface area contributed by atoms with Crippen LogP contribution in [0.3, 0.4) is 0 Å². The highest BCUT2D eigenvalue weighted by molar-refractivity contribution is 6.29. The first-order valence-corrected chi connectivity index (χ1v) is 10.8. The summed E-state index contributed by atoms with van der Waals surface area (Å²) in [6.45, 7) is 10.3. The molecule has 4 rings (SSSR count). The van der Waals surface area contributed by atoms with E-state index < -0.39 is 0 Å². The van der Waals surface area contributed by atoms with Crippen molar-refractivity contribution in [3.8, 4) is 0 Å². The predicted octanol–water partition coefficient (Wildman–Crippen LogP) is 3.87. The molecule has 0 aliphatic carbocycles. The van der Waals surface area contributed by atoms with Gasteiger partial charge in [-0.05, 0) is 58.6 Å². The number of rotatable bonds is 3. The van der Waals surface area contributed by atoms with E-state index in [0.717, 1.165) is 18.6 Å². The Morgan fingerprint density at radius 3 is 2.33 bits per heavy atom. The van der Waals surface area contributed by atoms with E-state index in [2.05, 4.69) is 68.1 Å². The summed E-state index contributed by atoms with van der Waals surface area (Å²) < 4.78 is 0. The Balaban J connectivity index is 1.73. The van der Waals surface area contributed by atoms with Crippen LogP contribution in [0.2, 0.25) is 5.28 Å². The molecule has 0 bridgehead atoms. The number of nitrogens with zero attached hydrogens (tertiary/aromatic N) is 7. The van der Waals surface area contributed by atoms with E-state index in [0.29, 0.717) is 48.6 Å². The average molecular weight is 433 g/mol. The smallest absolute Gasteiger partial charge is 0.225 e. The van der Waals surface area contributed by atoms with E-state index in [9.17, 15) is 0 Å². The summed E-state index contributed by atoms with van der Waals surface area (Å²) in [6, 6.07) is 0. The molecule has 0 unspecified atom stereocenters. The number of oxime groups is 1. The van der Waals surface area contributed by atoms with Crippen LogP contribution in [0.5, 0.6) is 0 Å². The Kier molecular flexibility index (Phi) is 5.44. The Labute approximate surface area is 181 Å². The fraction of sp³-hybridized carbons (Fsp3) is 0.650. The van der Waals surface area contributed by atoms with Crippen LogP contribution >= 0.6 is 11.6 Å². The van der Waals surface area contributed by atoms with Crippen molar-refractivity contribution in [1.29, 1.82) is 0 Å². The predicted molar refractivity (Wildman–Crippen MR) is 118 cm³/mol. The van der Waals surface area contributed by atoms with Crippen LogP contribution in [-0.2, 0) is 0 Å². The number of hydrazine groups is 1. The third-order valence-electron chi connectivity index (χ3n) is 6.22. The SMILES string of the molecule is CC1(C)CCCC(C)(C)N1Nc1ncnc2c(N3CCC(=NO)CC3)nc(Cl)nc12. The average Bonchev–Trinajstić information content (AvgIpc) is 2.70. The van der Waals surface area contributed by atoms with E-state index >= 15 is 0 Å². The standard InChI is InChI=1S/C20H29ClN8O/c1-19(2)8-5-9-20(3,4)29(19)26-16-14-15(22-12-23-16)17(25-18(21)24-14)28-10-6-13(27-30)7-11-28/h12,30H,5-11H2,1-4H3,(H,22,23,26). The molecule has 0 amide bonds. The summed E-state index contributed by atoms with van der Waals surface area (Å²) in [5, 5.41) is 14.8. The van der Waals surface area contributed by atoms with Crippen molar-refractivity contribution >= 4 is 40.0 Å². The first kappa shape index (κ1) is 21.0. The van der Waals surface area contributed by atoms with Crippen LogP contribution < -0.4 is 10.3 Å². The summed E-state index contributed by atoms with van der Waals surface area (Å²) in [5.74, 6) is 1.31. The molecule has 0 radical (unpaired) electrons. The number of hydrogen-bond acceptors (Lipinski definition) is 9. The van der Waals surface area contributed by atoms with E-state index in [1.807, 2.05) is 0 Å². The fourth-order valence-electron chi connectivity index (χ4n) is 4.69. The van der Waals surface area contributed by atoms with Crippen molar-refractivity contribution in [2.24, 2.45) is 5.16 Å². The second-order valence-corrected chi connectivity index (χ2v) is 9.65. The lowest BCUT2D eigenvalue weighted by atomic mass is 9.81. The van der Waals surface area contributed by atoms with Crippen molar-refractivity contribution < 1.29 is 5.21 Å². The second-order valence-electron chi connectivity index (χ2n) is 9.31. The molecule has 9 nitrogen and oxygen atoms in total. The van der Waals surface area contributed by atoms with Crippen molar-refractivity contribution in [2.45, 2.75) is 70.9 Å². The van der Waals surface area contributed by atoms with Crippen LogP contribution in [0, 0.1) is 0 Å². The lowest BCUT2D eigenvalue weighted by Crippen LogP contribution is -2.61. The van der Waals surface area contributed by atoms with Gasteiger partial charge in [-0.2, -0.15) is 4.98 Å². The number of halogens is 1. The summed E-state index contributed by atoms with van der Waals surface area (Å²) in [4.78, 5) is 20.0. The minimum Gasteiger partial charge on any atom is -0.411 e. The molecule has 0 aromatic carbocycles. The quantitative estimate of drug-likeness (QED) is 0.428. The molecule has 30 heavy (non-hydrogen) atoms. The van der Waals surface area contributed by atoms with Gasteiger partial charge in [0.25, 0.3) is 0 Å². The molecular formula is C20H29ClN8O. The molecule has 2 fully saturated rings. The van der Waals surface area contributed by atoms with Gasteiger partial charge in [-0.15, -0.1) is 0 Å². The third-order valence-corrected chi connectivity index (χ3v) is 6.39. The molecule has 0 spiro atoms. The summed E-state index contributed by atoms with van der Waals surface area (Å²) >= 11 is 6.32. The molecule has 2 aromatic heterocycles. The van der Waals surface area contributed by atoms with Gasteiger partial charge < -0.3 is 15.5 Å².